The molecular weight excluding hydrogens is 747 g/mol. The summed E-state index contributed by atoms with van der Waals surface area (Å²) < 4.78 is 0. The summed E-state index contributed by atoms with van der Waals surface area (Å²) in [4.78, 5) is 2.59. The summed E-state index contributed by atoms with van der Waals surface area (Å²) in [6.45, 7) is 9.76. The van der Waals surface area contributed by atoms with Crippen molar-refractivity contribution >= 4 is 17.1 Å². The van der Waals surface area contributed by atoms with Crippen molar-refractivity contribution < 1.29 is 0 Å². The number of anilines is 3. The number of rotatable bonds is 7. The van der Waals surface area contributed by atoms with Gasteiger partial charge in [0.15, 0.2) is 0 Å². The predicted molar refractivity (Wildman–Crippen MR) is 261 cm³/mol. The maximum atomic E-state index is 2.60. The van der Waals surface area contributed by atoms with Crippen LogP contribution in [0.3, 0.4) is 0 Å². The minimum atomic E-state index is -0.538. The highest BCUT2D eigenvalue weighted by atomic mass is 15.1. The van der Waals surface area contributed by atoms with E-state index in [-0.39, 0.29) is 10.8 Å². The van der Waals surface area contributed by atoms with E-state index >= 15 is 0 Å². The van der Waals surface area contributed by atoms with Crippen LogP contribution in [0.25, 0.3) is 33.4 Å². The van der Waals surface area contributed by atoms with Crippen LogP contribution in [-0.4, -0.2) is 0 Å². The van der Waals surface area contributed by atoms with Gasteiger partial charge in [0.1, 0.15) is 0 Å². The molecule has 0 saturated heterocycles. The van der Waals surface area contributed by atoms with Crippen molar-refractivity contribution in [3.63, 3.8) is 0 Å². The molecule has 3 aliphatic rings. The molecule has 0 fully saturated rings. The molecule has 0 atom stereocenters. The average molecular weight is 802 g/mol. The molecule has 0 unspecified atom stereocenters. The van der Waals surface area contributed by atoms with Gasteiger partial charge in [0.05, 0.1) is 11.1 Å². The monoisotopic (exact) mass is 801 g/mol. The standard InChI is InChI=1S/C61H55N/c1-59(2)35-36-60(3,4)57-39-48(33-34-55(57)59)62(47-29-15-8-16-30-47)58-41-56-52(40-53(58)51-38-44-24-18-17-23-43(44)37-50(51)42-21-9-5-10-22-42)49-31-19-20-32-54(49)61(56,45-25-11-6-12-26-45)46-27-13-7-14-28-46/h5-16,19-22,25-34,37-41H,17-18,23-24,35-36H2,1-4H3. The molecule has 304 valence electrons. The molecule has 0 aromatic heterocycles. The third kappa shape index (κ3) is 6.11. The summed E-state index contributed by atoms with van der Waals surface area (Å²) >= 11 is 0. The SMILES string of the molecule is CC1(C)CCC(C)(C)c2cc(N(c3ccccc3)c3cc4c(cc3-c3cc5c(cc3-c3ccccc3)CCCC5)-c3ccccc3C4(c3ccccc3)c3ccccc3)ccc21. The number of para-hydroxylation sites is 1. The molecule has 0 spiro atoms. The molecular formula is C61H55N. The zero-order valence-corrected chi connectivity index (χ0v) is 36.6. The van der Waals surface area contributed by atoms with Gasteiger partial charge in [-0.25, -0.2) is 0 Å². The number of hydrogen-bond donors (Lipinski definition) is 0. The van der Waals surface area contributed by atoms with Crippen LogP contribution in [0.15, 0.2) is 188 Å². The lowest BCUT2D eigenvalue weighted by atomic mass is 9.63. The van der Waals surface area contributed by atoms with E-state index in [1.807, 2.05) is 0 Å². The van der Waals surface area contributed by atoms with Gasteiger partial charge in [-0.2, -0.15) is 0 Å². The lowest BCUT2D eigenvalue weighted by molar-refractivity contribution is 0.332. The smallest absolute Gasteiger partial charge is 0.0714 e. The summed E-state index contributed by atoms with van der Waals surface area (Å²) in [5.41, 5.74) is 22.0. The predicted octanol–water partition coefficient (Wildman–Crippen LogP) is 16.1. The number of hydrogen-bond acceptors (Lipinski definition) is 1. The highest BCUT2D eigenvalue weighted by Gasteiger charge is 2.47. The van der Waals surface area contributed by atoms with Gasteiger partial charge in [0.25, 0.3) is 0 Å². The zero-order chi connectivity index (χ0) is 42.1. The first-order chi connectivity index (χ1) is 30.2. The number of fused-ring (bicyclic) bond motifs is 5. The lowest BCUT2D eigenvalue weighted by Gasteiger charge is -2.42. The van der Waals surface area contributed by atoms with Crippen LogP contribution >= 0.6 is 0 Å². The highest BCUT2D eigenvalue weighted by Crippen LogP contribution is 2.60. The van der Waals surface area contributed by atoms with E-state index in [1.54, 1.807) is 0 Å². The Morgan fingerprint density at radius 1 is 0.371 bits per heavy atom. The number of benzene rings is 8. The molecule has 0 N–H and O–H groups in total. The van der Waals surface area contributed by atoms with Crippen molar-refractivity contribution in [1.29, 1.82) is 0 Å². The number of nitrogens with zero attached hydrogens (tertiary/aromatic N) is 1. The van der Waals surface area contributed by atoms with Gasteiger partial charge in [0.2, 0.25) is 0 Å². The summed E-state index contributed by atoms with van der Waals surface area (Å²) in [5, 5.41) is 0. The van der Waals surface area contributed by atoms with Crippen molar-refractivity contribution in [2.24, 2.45) is 0 Å². The first kappa shape index (κ1) is 38.5. The second-order valence-electron chi connectivity index (χ2n) is 19.4. The number of aryl methyl sites for hydroxylation is 2. The van der Waals surface area contributed by atoms with Crippen molar-refractivity contribution in [3.05, 3.63) is 233 Å². The third-order valence-corrected chi connectivity index (χ3v) is 14.8. The summed E-state index contributed by atoms with van der Waals surface area (Å²) in [7, 11) is 0. The van der Waals surface area contributed by atoms with Crippen molar-refractivity contribution in [1.82, 2.24) is 0 Å². The van der Waals surface area contributed by atoms with E-state index in [0.717, 1.165) is 24.9 Å². The quantitative estimate of drug-likeness (QED) is 0.155. The van der Waals surface area contributed by atoms with Gasteiger partial charge in [-0.05, 0) is 158 Å². The topological polar surface area (TPSA) is 3.24 Å². The molecule has 0 radical (unpaired) electrons. The minimum Gasteiger partial charge on any atom is -0.310 e. The third-order valence-electron chi connectivity index (χ3n) is 14.8. The van der Waals surface area contributed by atoms with E-state index in [0.29, 0.717) is 0 Å². The molecule has 8 aromatic carbocycles. The minimum absolute atomic E-state index is 0.0559. The largest absolute Gasteiger partial charge is 0.310 e. The van der Waals surface area contributed by atoms with Crippen molar-refractivity contribution in [2.75, 3.05) is 4.90 Å². The van der Waals surface area contributed by atoms with Crippen LogP contribution < -0.4 is 4.90 Å². The van der Waals surface area contributed by atoms with Crippen molar-refractivity contribution in [3.8, 4) is 33.4 Å². The van der Waals surface area contributed by atoms with Crippen LogP contribution in [0.2, 0.25) is 0 Å². The van der Waals surface area contributed by atoms with Gasteiger partial charge in [-0.3, -0.25) is 0 Å². The Bertz CT molecular complexity index is 2900. The Kier molecular flexibility index (Phi) is 9.24. The molecule has 0 heterocycles. The molecule has 1 nitrogen and oxygen atoms in total. The van der Waals surface area contributed by atoms with Crippen LogP contribution in [0.1, 0.15) is 97.9 Å². The maximum absolute atomic E-state index is 2.60. The Morgan fingerprint density at radius 2 is 0.919 bits per heavy atom. The molecule has 0 bridgehead atoms. The Balaban J connectivity index is 1.29. The van der Waals surface area contributed by atoms with E-state index in [4.69, 9.17) is 0 Å². The summed E-state index contributed by atoms with van der Waals surface area (Å²) in [5.74, 6) is 0. The molecule has 0 saturated carbocycles. The van der Waals surface area contributed by atoms with Crippen molar-refractivity contribution in [2.45, 2.75) is 82.5 Å². The van der Waals surface area contributed by atoms with Crippen LogP contribution in [0, 0.1) is 0 Å². The van der Waals surface area contributed by atoms with E-state index in [1.165, 1.54) is 109 Å². The van der Waals surface area contributed by atoms with E-state index < -0.39 is 5.41 Å². The first-order valence-corrected chi connectivity index (χ1v) is 22.9. The summed E-state index contributed by atoms with van der Waals surface area (Å²) in [6, 6.07) is 71.7. The highest BCUT2D eigenvalue weighted by molar-refractivity contribution is 6.00. The van der Waals surface area contributed by atoms with Gasteiger partial charge in [-0.15, -0.1) is 0 Å². The maximum Gasteiger partial charge on any atom is 0.0714 e. The fourth-order valence-corrected chi connectivity index (χ4v) is 11.5. The Hall–Kier alpha value is -6.44. The molecule has 8 aromatic rings. The molecule has 1 heteroatoms. The molecule has 3 aliphatic carbocycles. The van der Waals surface area contributed by atoms with Gasteiger partial charge < -0.3 is 4.90 Å². The fraction of sp³-hybridized carbons (Fsp3) is 0.213. The molecule has 11 rings (SSSR count). The van der Waals surface area contributed by atoms with E-state index in [2.05, 4.69) is 221 Å². The van der Waals surface area contributed by atoms with E-state index in [9.17, 15) is 0 Å². The molecule has 62 heavy (non-hydrogen) atoms. The second-order valence-corrected chi connectivity index (χ2v) is 19.4. The summed E-state index contributed by atoms with van der Waals surface area (Å²) in [6.07, 6.45) is 7.07. The van der Waals surface area contributed by atoms with Crippen LogP contribution in [-0.2, 0) is 29.1 Å². The normalized spacial score (nSPS) is 16.4. The zero-order valence-electron chi connectivity index (χ0n) is 36.6. The fourth-order valence-electron chi connectivity index (χ4n) is 11.5. The van der Waals surface area contributed by atoms with Gasteiger partial charge in [0, 0.05) is 16.9 Å². The Labute approximate surface area is 368 Å². The molecule has 0 amide bonds. The van der Waals surface area contributed by atoms with Gasteiger partial charge >= 0.3 is 0 Å². The molecule has 0 aliphatic heterocycles. The van der Waals surface area contributed by atoms with Gasteiger partial charge in [-0.1, -0.05) is 179 Å². The lowest BCUT2D eigenvalue weighted by Crippen LogP contribution is -2.34. The van der Waals surface area contributed by atoms with Crippen LogP contribution in [0.4, 0.5) is 17.1 Å². The first-order valence-electron chi connectivity index (χ1n) is 22.9. The second kappa shape index (κ2) is 14.9. The average Bonchev–Trinajstić information content (AvgIpc) is 3.61. The Morgan fingerprint density at radius 3 is 1.56 bits per heavy atom. The van der Waals surface area contributed by atoms with Crippen LogP contribution in [0.5, 0.6) is 0 Å².